The van der Waals surface area contributed by atoms with E-state index in [-0.39, 0.29) is 11.7 Å². The number of hydrogen-bond donors (Lipinski definition) is 1. The summed E-state index contributed by atoms with van der Waals surface area (Å²) in [5.41, 5.74) is -0.0960. The molecule has 0 amide bonds. The number of hydrogen-bond acceptors (Lipinski definition) is 2. The van der Waals surface area contributed by atoms with Gasteiger partial charge < -0.3 is 9.84 Å². The largest absolute Gasteiger partial charge is 0.391 e. The van der Waals surface area contributed by atoms with Crippen LogP contribution in [0.2, 0.25) is 0 Å². The number of ether oxygens (including phenoxy) is 1. The molecule has 92 valence electrons. The van der Waals surface area contributed by atoms with Gasteiger partial charge in [0.15, 0.2) is 0 Å². The predicted octanol–water partition coefficient (Wildman–Crippen LogP) is 3.23. The van der Waals surface area contributed by atoms with E-state index in [0.29, 0.717) is 18.4 Å². The number of aliphatic hydroxyl groups excluding tert-OH is 1. The fourth-order valence-electron chi connectivity index (χ4n) is 1.41. The molecule has 0 aliphatic rings. The van der Waals surface area contributed by atoms with E-state index < -0.39 is 0 Å². The van der Waals surface area contributed by atoms with Crippen molar-refractivity contribution in [2.75, 3.05) is 6.61 Å². The Labute approximate surface area is 95.0 Å². The molecule has 0 spiro atoms. The van der Waals surface area contributed by atoms with Gasteiger partial charge in [-0.25, -0.2) is 0 Å². The third-order valence-corrected chi connectivity index (χ3v) is 3.09. The first-order valence-electron chi connectivity index (χ1n) is 6.10. The van der Waals surface area contributed by atoms with Crippen LogP contribution in [0.4, 0.5) is 0 Å². The quantitative estimate of drug-likeness (QED) is 0.708. The van der Waals surface area contributed by atoms with E-state index in [2.05, 4.69) is 34.6 Å². The van der Waals surface area contributed by atoms with Crippen molar-refractivity contribution >= 4 is 0 Å². The summed E-state index contributed by atoms with van der Waals surface area (Å²) in [6, 6.07) is 0. The monoisotopic (exact) mass is 216 g/mol. The molecule has 15 heavy (non-hydrogen) atoms. The van der Waals surface area contributed by atoms with Gasteiger partial charge in [-0.3, -0.25) is 0 Å². The molecule has 2 unspecified atom stereocenters. The predicted molar refractivity (Wildman–Crippen MR) is 64.9 cm³/mol. The molecule has 0 aromatic carbocycles. The van der Waals surface area contributed by atoms with Gasteiger partial charge in [0.25, 0.3) is 0 Å². The lowest BCUT2D eigenvalue weighted by Gasteiger charge is -2.35. The Morgan fingerprint density at radius 1 is 1.13 bits per heavy atom. The normalized spacial score (nSPS) is 18.2. The van der Waals surface area contributed by atoms with Crippen molar-refractivity contribution in [2.45, 2.75) is 66.1 Å². The van der Waals surface area contributed by atoms with Crippen LogP contribution in [0.1, 0.15) is 54.4 Å². The minimum atomic E-state index is -0.373. The van der Waals surface area contributed by atoms with Gasteiger partial charge >= 0.3 is 0 Å². The molecule has 0 rings (SSSR count). The van der Waals surface area contributed by atoms with E-state index in [1.807, 2.05) is 0 Å². The van der Waals surface area contributed by atoms with Crippen molar-refractivity contribution in [1.29, 1.82) is 0 Å². The molecule has 0 bridgehead atoms. The van der Waals surface area contributed by atoms with Crippen molar-refractivity contribution in [3.8, 4) is 0 Å². The summed E-state index contributed by atoms with van der Waals surface area (Å²) in [5.74, 6) is 1.19. The lowest BCUT2D eigenvalue weighted by atomic mass is 9.85. The maximum atomic E-state index is 9.25. The third-order valence-electron chi connectivity index (χ3n) is 3.09. The first kappa shape index (κ1) is 14.9. The van der Waals surface area contributed by atoms with Crippen LogP contribution in [-0.4, -0.2) is 23.4 Å². The van der Waals surface area contributed by atoms with E-state index >= 15 is 0 Å². The molecule has 0 heterocycles. The van der Waals surface area contributed by atoms with Gasteiger partial charge in [0.05, 0.1) is 18.3 Å². The average Bonchev–Trinajstić information content (AvgIpc) is 2.11. The van der Waals surface area contributed by atoms with Gasteiger partial charge in [0.2, 0.25) is 0 Å². The Kier molecular flexibility index (Phi) is 6.46. The molecule has 0 radical (unpaired) electrons. The van der Waals surface area contributed by atoms with Gasteiger partial charge in [-0.2, -0.15) is 0 Å². The van der Waals surface area contributed by atoms with E-state index in [1.54, 1.807) is 6.92 Å². The van der Waals surface area contributed by atoms with Crippen LogP contribution in [0, 0.1) is 11.8 Å². The van der Waals surface area contributed by atoms with Gasteiger partial charge in [-0.1, -0.05) is 27.7 Å². The van der Waals surface area contributed by atoms with Crippen molar-refractivity contribution < 1.29 is 9.84 Å². The smallest absolute Gasteiger partial charge is 0.0745 e. The van der Waals surface area contributed by atoms with Crippen molar-refractivity contribution in [2.24, 2.45) is 11.8 Å². The van der Waals surface area contributed by atoms with Crippen LogP contribution in [0.3, 0.4) is 0 Å². The summed E-state index contributed by atoms with van der Waals surface area (Å²) in [4.78, 5) is 0. The molecule has 0 fully saturated rings. The molecule has 2 heteroatoms. The van der Waals surface area contributed by atoms with E-state index in [9.17, 15) is 5.11 Å². The second-order valence-corrected chi connectivity index (χ2v) is 5.56. The molecule has 2 nitrogen and oxygen atoms in total. The second-order valence-electron chi connectivity index (χ2n) is 5.56. The number of rotatable bonds is 7. The molecule has 2 atom stereocenters. The molecule has 0 aromatic rings. The van der Waals surface area contributed by atoms with Gasteiger partial charge in [-0.05, 0) is 38.5 Å². The zero-order chi connectivity index (χ0) is 12.1. The van der Waals surface area contributed by atoms with E-state index in [1.165, 1.54) is 6.42 Å². The SMILES string of the molecule is CC(C)CCC(C)(OCC(C)O)C(C)C. The minimum Gasteiger partial charge on any atom is -0.391 e. The average molecular weight is 216 g/mol. The summed E-state index contributed by atoms with van der Waals surface area (Å²) < 4.78 is 5.85. The lowest BCUT2D eigenvalue weighted by Crippen LogP contribution is -2.37. The van der Waals surface area contributed by atoms with Crippen LogP contribution in [-0.2, 0) is 4.74 Å². The van der Waals surface area contributed by atoms with Crippen molar-refractivity contribution in [3.05, 3.63) is 0 Å². The molecule has 1 N–H and O–H groups in total. The summed E-state index contributed by atoms with van der Waals surface area (Å²) in [7, 11) is 0. The number of aliphatic hydroxyl groups is 1. The fourth-order valence-corrected chi connectivity index (χ4v) is 1.41. The van der Waals surface area contributed by atoms with Crippen LogP contribution < -0.4 is 0 Å². The first-order valence-corrected chi connectivity index (χ1v) is 6.10. The molecule has 0 saturated heterocycles. The highest BCUT2D eigenvalue weighted by Crippen LogP contribution is 2.28. The molecule has 0 aliphatic heterocycles. The summed E-state index contributed by atoms with van der Waals surface area (Å²) >= 11 is 0. The van der Waals surface area contributed by atoms with Crippen LogP contribution in [0.15, 0.2) is 0 Å². The lowest BCUT2D eigenvalue weighted by molar-refractivity contribution is -0.0980. The Morgan fingerprint density at radius 2 is 1.67 bits per heavy atom. The second kappa shape index (κ2) is 6.49. The zero-order valence-corrected chi connectivity index (χ0v) is 11.2. The van der Waals surface area contributed by atoms with Crippen LogP contribution in [0.5, 0.6) is 0 Å². The van der Waals surface area contributed by atoms with Crippen LogP contribution in [0.25, 0.3) is 0 Å². The zero-order valence-electron chi connectivity index (χ0n) is 11.2. The Hall–Kier alpha value is -0.0800. The minimum absolute atomic E-state index is 0.0960. The standard InChI is InChI=1S/C13H28O2/c1-10(2)7-8-13(6,11(3)4)15-9-12(5)14/h10-12,14H,7-9H2,1-6H3. The summed E-state index contributed by atoms with van der Waals surface area (Å²) in [6.45, 7) is 13.2. The van der Waals surface area contributed by atoms with Gasteiger partial charge in [0, 0.05) is 0 Å². The van der Waals surface area contributed by atoms with E-state index in [4.69, 9.17) is 4.74 Å². The maximum Gasteiger partial charge on any atom is 0.0745 e. The Morgan fingerprint density at radius 3 is 2.00 bits per heavy atom. The Bertz CT molecular complexity index is 150. The highest BCUT2D eigenvalue weighted by atomic mass is 16.5. The molecule has 0 aliphatic carbocycles. The van der Waals surface area contributed by atoms with Gasteiger partial charge in [0.1, 0.15) is 0 Å². The fraction of sp³-hybridized carbons (Fsp3) is 1.00. The van der Waals surface area contributed by atoms with Crippen LogP contribution >= 0.6 is 0 Å². The molecular weight excluding hydrogens is 188 g/mol. The summed E-state index contributed by atoms with van der Waals surface area (Å²) in [5, 5.41) is 9.25. The Balaban J connectivity index is 4.19. The topological polar surface area (TPSA) is 29.5 Å². The van der Waals surface area contributed by atoms with Crippen molar-refractivity contribution in [3.63, 3.8) is 0 Å². The van der Waals surface area contributed by atoms with Gasteiger partial charge in [-0.15, -0.1) is 0 Å². The molecule has 0 aromatic heterocycles. The molecule has 0 saturated carbocycles. The summed E-state index contributed by atoms with van der Waals surface area (Å²) in [6.07, 6.45) is 1.87. The van der Waals surface area contributed by atoms with Crippen molar-refractivity contribution in [1.82, 2.24) is 0 Å². The highest BCUT2D eigenvalue weighted by Gasteiger charge is 2.29. The van der Waals surface area contributed by atoms with E-state index in [0.717, 1.165) is 6.42 Å². The highest BCUT2D eigenvalue weighted by molar-refractivity contribution is 4.79. The first-order chi connectivity index (χ1) is 6.78. The maximum absolute atomic E-state index is 9.25. The third kappa shape index (κ3) is 6.16. The molecular formula is C13H28O2.